The van der Waals surface area contributed by atoms with Gasteiger partial charge in [0.15, 0.2) is 0 Å². The van der Waals surface area contributed by atoms with E-state index < -0.39 is 5.97 Å². The van der Waals surface area contributed by atoms with Crippen LogP contribution in [0.2, 0.25) is 0 Å². The van der Waals surface area contributed by atoms with Crippen LogP contribution in [0.3, 0.4) is 0 Å². The zero-order valence-electron chi connectivity index (χ0n) is 10.1. The van der Waals surface area contributed by atoms with Crippen LogP contribution in [0.25, 0.3) is 0 Å². The number of hydrogen-bond acceptors (Lipinski definition) is 3. The first-order valence-corrected chi connectivity index (χ1v) is 6.03. The van der Waals surface area contributed by atoms with Gasteiger partial charge >= 0.3 is 5.97 Å². The average molecular weight is 227 g/mol. The Morgan fingerprint density at radius 3 is 2.88 bits per heavy atom. The number of rotatable bonds is 5. The van der Waals surface area contributed by atoms with Gasteiger partial charge in [0.2, 0.25) is 0 Å². The Labute approximate surface area is 96.6 Å². The first-order valence-electron chi connectivity index (χ1n) is 6.03. The van der Waals surface area contributed by atoms with E-state index in [0.717, 1.165) is 19.5 Å². The summed E-state index contributed by atoms with van der Waals surface area (Å²) in [5.41, 5.74) is 0. The summed E-state index contributed by atoms with van der Waals surface area (Å²) in [5, 5.41) is 8.63. The van der Waals surface area contributed by atoms with Gasteiger partial charge < -0.3 is 5.11 Å². The second-order valence-electron chi connectivity index (χ2n) is 4.60. The van der Waals surface area contributed by atoms with E-state index >= 15 is 0 Å². The van der Waals surface area contributed by atoms with Crippen LogP contribution >= 0.6 is 0 Å². The maximum absolute atomic E-state index is 11.5. The first-order chi connectivity index (χ1) is 7.54. The summed E-state index contributed by atoms with van der Waals surface area (Å²) in [7, 11) is 0. The predicted octanol–water partition coefficient (Wildman–Crippen LogP) is 1.54. The van der Waals surface area contributed by atoms with Crippen LogP contribution in [0.5, 0.6) is 0 Å². The summed E-state index contributed by atoms with van der Waals surface area (Å²) in [5.74, 6) is -0.225. The molecular weight excluding hydrogens is 206 g/mol. The Bertz CT molecular complexity index is 265. The highest BCUT2D eigenvalue weighted by Crippen LogP contribution is 2.19. The molecule has 2 unspecified atom stereocenters. The Kier molecular flexibility index (Phi) is 4.93. The molecule has 16 heavy (non-hydrogen) atoms. The lowest BCUT2D eigenvalue weighted by atomic mass is 9.92. The number of nitrogens with zero attached hydrogens (tertiary/aromatic N) is 1. The van der Waals surface area contributed by atoms with Crippen molar-refractivity contribution in [3.63, 3.8) is 0 Å². The highest BCUT2D eigenvalue weighted by molar-refractivity contribution is 5.82. The van der Waals surface area contributed by atoms with Crippen molar-refractivity contribution in [2.45, 2.75) is 45.6 Å². The van der Waals surface area contributed by atoms with Gasteiger partial charge in [-0.1, -0.05) is 6.92 Å². The van der Waals surface area contributed by atoms with Crippen molar-refractivity contribution in [2.75, 3.05) is 13.1 Å². The monoisotopic (exact) mass is 227 g/mol. The number of piperidine rings is 1. The minimum Gasteiger partial charge on any atom is -0.481 e. The van der Waals surface area contributed by atoms with Crippen LogP contribution in [-0.4, -0.2) is 40.9 Å². The average Bonchev–Trinajstić information content (AvgIpc) is 2.26. The first kappa shape index (κ1) is 13.2. The zero-order chi connectivity index (χ0) is 12.1. The maximum atomic E-state index is 11.5. The number of likely N-dealkylation sites (tertiary alicyclic amines) is 1. The van der Waals surface area contributed by atoms with Crippen LogP contribution in [0, 0.1) is 5.92 Å². The van der Waals surface area contributed by atoms with E-state index in [2.05, 4.69) is 4.90 Å². The van der Waals surface area contributed by atoms with Crippen LogP contribution in [0.15, 0.2) is 0 Å². The summed E-state index contributed by atoms with van der Waals surface area (Å²) in [6.45, 7) is 5.67. The maximum Gasteiger partial charge on any atom is 0.303 e. The van der Waals surface area contributed by atoms with Crippen molar-refractivity contribution in [3.05, 3.63) is 0 Å². The van der Waals surface area contributed by atoms with Gasteiger partial charge in [0.05, 0.1) is 0 Å². The van der Waals surface area contributed by atoms with E-state index in [1.54, 1.807) is 0 Å². The molecule has 0 aromatic heterocycles. The van der Waals surface area contributed by atoms with Crippen molar-refractivity contribution in [1.29, 1.82) is 0 Å². The molecule has 1 aliphatic heterocycles. The second kappa shape index (κ2) is 5.99. The number of carbonyl (C=O) groups is 2. The third kappa shape index (κ3) is 3.59. The SMILES string of the molecule is CCC1CN(C(C)CCC(=O)O)CCC1=O. The lowest BCUT2D eigenvalue weighted by Gasteiger charge is -2.35. The highest BCUT2D eigenvalue weighted by Gasteiger charge is 2.28. The van der Waals surface area contributed by atoms with Crippen molar-refractivity contribution in [3.8, 4) is 0 Å². The smallest absolute Gasteiger partial charge is 0.303 e. The number of Topliss-reactive ketones (excluding diaryl/α,β-unsaturated/α-hetero) is 1. The van der Waals surface area contributed by atoms with Gasteiger partial charge in [-0.2, -0.15) is 0 Å². The van der Waals surface area contributed by atoms with Crippen molar-refractivity contribution >= 4 is 11.8 Å². The van der Waals surface area contributed by atoms with Crippen LogP contribution < -0.4 is 0 Å². The molecule has 4 nitrogen and oxygen atoms in total. The van der Waals surface area contributed by atoms with Gasteiger partial charge in [0, 0.05) is 37.9 Å². The Balaban J connectivity index is 2.42. The molecular formula is C12H21NO3. The molecule has 1 N–H and O–H groups in total. The van der Waals surface area contributed by atoms with Crippen molar-refractivity contribution in [2.24, 2.45) is 5.92 Å². The normalized spacial score (nSPS) is 24.4. The number of ketones is 1. The van der Waals surface area contributed by atoms with Crippen LogP contribution in [0.4, 0.5) is 0 Å². The minimum atomic E-state index is -0.744. The third-order valence-electron chi connectivity index (χ3n) is 3.45. The van der Waals surface area contributed by atoms with Gasteiger partial charge in [-0.15, -0.1) is 0 Å². The number of aliphatic carboxylic acids is 1. The summed E-state index contributed by atoms with van der Waals surface area (Å²) in [4.78, 5) is 24.3. The molecule has 1 aliphatic rings. The molecule has 4 heteroatoms. The molecule has 1 saturated heterocycles. The molecule has 0 bridgehead atoms. The quantitative estimate of drug-likeness (QED) is 0.774. The Morgan fingerprint density at radius 1 is 1.62 bits per heavy atom. The minimum absolute atomic E-state index is 0.154. The van der Waals surface area contributed by atoms with E-state index in [9.17, 15) is 9.59 Å². The predicted molar refractivity (Wildman–Crippen MR) is 61.3 cm³/mol. The molecule has 1 fully saturated rings. The van der Waals surface area contributed by atoms with E-state index in [4.69, 9.17) is 5.11 Å². The molecule has 2 atom stereocenters. The van der Waals surface area contributed by atoms with E-state index in [1.165, 1.54) is 0 Å². The highest BCUT2D eigenvalue weighted by atomic mass is 16.4. The van der Waals surface area contributed by atoms with Gasteiger partial charge in [-0.3, -0.25) is 14.5 Å². The molecule has 0 aromatic carbocycles. The molecule has 0 aromatic rings. The standard InChI is InChI=1S/C12H21NO3/c1-3-10-8-13(7-6-11(10)14)9(2)4-5-12(15)16/h9-10H,3-8H2,1-2H3,(H,15,16). The molecule has 1 rings (SSSR count). The fourth-order valence-electron chi connectivity index (χ4n) is 2.21. The number of carboxylic acids is 1. The molecule has 0 spiro atoms. The van der Waals surface area contributed by atoms with Crippen LogP contribution in [-0.2, 0) is 9.59 Å². The topological polar surface area (TPSA) is 57.6 Å². The fourth-order valence-corrected chi connectivity index (χ4v) is 2.21. The summed E-state index contributed by atoms with van der Waals surface area (Å²) in [6, 6.07) is 0.262. The number of hydrogen-bond donors (Lipinski definition) is 1. The third-order valence-corrected chi connectivity index (χ3v) is 3.45. The van der Waals surface area contributed by atoms with Gasteiger partial charge in [-0.25, -0.2) is 0 Å². The summed E-state index contributed by atoms with van der Waals surface area (Å²) < 4.78 is 0. The van der Waals surface area contributed by atoms with E-state index in [0.29, 0.717) is 18.6 Å². The number of carboxylic acid groups (broad SMARTS) is 1. The Hall–Kier alpha value is -0.900. The lowest BCUT2D eigenvalue weighted by molar-refractivity contribution is -0.137. The largest absolute Gasteiger partial charge is 0.481 e. The molecule has 0 saturated carbocycles. The fraction of sp³-hybridized carbons (Fsp3) is 0.833. The van der Waals surface area contributed by atoms with Crippen LogP contribution in [0.1, 0.15) is 39.5 Å². The van der Waals surface area contributed by atoms with Gasteiger partial charge in [-0.05, 0) is 19.8 Å². The molecule has 92 valence electrons. The van der Waals surface area contributed by atoms with Crippen molar-refractivity contribution in [1.82, 2.24) is 4.90 Å². The van der Waals surface area contributed by atoms with Gasteiger partial charge in [0.1, 0.15) is 5.78 Å². The molecule has 0 aliphatic carbocycles. The Morgan fingerprint density at radius 2 is 2.31 bits per heavy atom. The zero-order valence-corrected chi connectivity index (χ0v) is 10.1. The van der Waals surface area contributed by atoms with Gasteiger partial charge in [0.25, 0.3) is 0 Å². The molecule has 1 heterocycles. The lowest BCUT2D eigenvalue weighted by Crippen LogP contribution is -2.45. The second-order valence-corrected chi connectivity index (χ2v) is 4.60. The van der Waals surface area contributed by atoms with E-state index in [1.807, 2.05) is 13.8 Å². The molecule has 0 amide bonds. The molecule has 0 radical (unpaired) electrons. The van der Waals surface area contributed by atoms with E-state index in [-0.39, 0.29) is 18.4 Å². The van der Waals surface area contributed by atoms with Crippen molar-refractivity contribution < 1.29 is 14.7 Å². The summed E-state index contributed by atoms with van der Waals surface area (Å²) >= 11 is 0. The summed E-state index contributed by atoms with van der Waals surface area (Å²) in [6.07, 6.45) is 2.39. The number of carbonyl (C=O) groups excluding carboxylic acids is 1.